The fourth-order valence-electron chi connectivity index (χ4n) is 3.13. The lowest BCUT2D eigenvalue weighted by Gasteiger charge is -2.33. The first-order valence-electron chi connectivity index (χ1n) is 7.22. The van der Waals surface area contributed by atoms with E-state index >= 15 is 0 Å². The number of aryl methyl sites for hydroxylation is 2. The zero-order valence-corrected chi connectivity index (χ0v) is 12.6. The van der Waals surface area contributed by atoms with E-state index in [0.29, 0.717) is 6.04 Å². The molecule has 1 saturated carbocycles. The van der Waals surface area contributed by atoms with Crippen LogP contribution in [0.1, 0.15) is 43.9 Å². The Labute approximate surface area is 116 Å². The quantitative estimate of drug-likeness (QED) is 0.646. The van der Waals surface area contributed by atoms with Crippen LogP contribution >= 0.6 is 0 Å². The summed E-state index contributed by atoms with van der Waals surface area (Å²) in [5.41, 5.74) is 5.05. The molecule has 108 valence electrons. The molecule has 1 aliphatic rings. The van der Waals surface area contributed by atoms with Crippen LogP contribution in [0.2, 0.25) is 0 Å². The summed E-state index contributed by atoms with van der Waals surface area (Å²) < 4.78 is 1.82. The third kappa shape index (κ3) is 3.09. The first kappa shape index (κ1) is 14.3. The van der Waals surface area contributed by atoms with Crippen LogP contribution < -0.4 is 11.3 Å². The van der Waals surface area contributed by atoms with Crippen molar-refractivity contribution >= 4 is 5.82 Å². The van der Waals surface area contributed by atoms with E-state index < -0.39 is 0 Å². The molecule has 0 aromatic carbocycles. The van der Waals surface area contributed by atoms with Gasteiger partial charge in [0.1, 0.15) is 5.82 Å². The molecule has 1 fully saturated rings. The Bertz CT molecular complexity index is 418. The van der Waals surface area contributed by atoms with Gasteiger partial charge in [-0.2, -0.15) is 5.10 Å². The molecule has 3 N–H and O–H groups in total. The van der Waals surface area contributed by atoms with Crippen LogP contribution in [0, 0.1) is 12.8 Å². The Hall–Kier alpha value is -1.07. The average molecular weight is 265 g/mol. The lowest BCUT2D eigenvalue weighted by atomic mass is 9.86. The van der Waals surface area contributed by atoms with Gasteiger partial charge in [-0.25, -0.2) is 5.84 Å². The Balaban J connectivity index is 2.04. The fraction of sp³-hybridized carbons (Fsp3) is 0.786. The minimum atomic E-state index is 0.696. The highest BCUT2D eigenvalue weighted by Crippen LogP contribution is 2.28. The second-order valence-corrected chi connectivity index (χ2v) is 6.01. The maximum absolute atomic E-state index is 5.61. The van der Waals surface area contributed by atoms with Crippen LogP contribution in [0.3, 0.4) is 0 Å². The molecule has 0 radical (unpaired) electrons. The minimum Gasteiger partial charge on any atom is -0.308 e. The van der Waals surface area contributed by atoms with Gasteiger partial charge in [-0.15, -0.1) is 0 Å². The molecule has 0 atom stereocenters. The molecule has 1 heterocycles. The molecule has 0 bridgehead atoms. The van der Waals surface area contributed by atoms with Crippen molar-refractivity contribution in [2.45, 2.75) is 52.1 Å². The van der Waals surface area contributed by atoms with Gasteiger partial charge in [-0.05, 0) is 45.6 Å². The number of hydrazine groups is 1. The zero-order valence-electron chi connectivity index (χ0n) is 12.6. The summed E-state index contributed by atoms with van der Waals surface area (Å²) in [6.45, 7) is 5.32. The highest BCUT2D eigenvalue weighted by atomic mass is 15.4. The largest absolute Gasteiger partial charge is 0.308 e. The van der Waals surface area contributed by atoms with E-state index in [2.05, 4.69) is 29.4 Å². The summed E-state index contributed by atoms with van der Waals surface area (Å²) >= 11 is 0. The summed E-state index contributed by atoms with van der Waals surface area (Å²) in [5, 5.41) is 4.44. The van der Waals surface area contributed by atoms with Gasteiger partial charge in [0.2, 0.25) is 0 Å². The first-order chi connectivity index (χ1) is 9.02. The SMILES string of the molecule is Cc1nn(C)c(NN)c1CN(C)C1CCC(C)CC1. The number of nitrogens with zero attached hydrogens (tertiary/aromatic N) is 3. The van der Waals surface area contributed by atoms with Crippen molar-refractivity contribution < 1.29 is 0 Å². The lowest BCUT2D eigenvalue weighted by molar-refractivity contribution is 0.164. The summed E-state index contributed by atoms with van der Waals surface area (Å²) in [6.07, 6.45) is 5.32. The molecule has 0 saturated heterocycles. The van der Waals surface area contributed by atoms with Gasteiger partial charge in [0, 0.05) is 25.2 Å². The van der Waals surface area contributed by atoms with Crippen LogP contribution in [0.25, 0.3) is 0 Å². The molecule has 0 unspecified atom stereocenters. The highest BCUT2D eigenvalue weighted by molar-refractivity contribution is 5.46. The van der Waals surface area contributed by atoms with Crippen molar-refractivity contribution in [2.75, 3.05) is 12.5 Å². The van der Waals surface area contributed by atoms with E-state index in [-0.39, 0.29) is 0 Å². The Morgan fingerprint density at radius 2 is 2.00 bits per heavy atom. The van der Waals surface area contributed by atoms with Gasteiger partial charge in [-0.1, -0.05) is 6.92 Å². The molecule has 2 rings (SSSR count). The molecular weight excluding hydrogens is 238 g/mol. The number of nitrogens with one attached hydrogen (secondary N) is 1. The third-order valence-corrected chi connectivity index (χ3v) is 4.50. The van der Waals surface area contributed by atoms with Crippen molar-refractivity contribution in [1.29, 1.82) is 0 Å². The standard InChI is InChI=1S/C14H27N5/c1-10-5-7-12(8-6-10)18(3)9-13-11(2)17-19(4)14(13)16-15/h10,12,16H,5-9,15H2,1-4H3. The molecule has 5 nitrogen and oxygen atoms in total. The summed E-state index contributed by atoms with van der Waals surface area (Å²) in [6, 6.07) is 0.696. The monoisotopic (exact) mass is 265 g/mol. The van der Waals surface area contributed by atoms with Gasteiger partial charge in [0.05, 0.1) is 5.69 Å². The predicted molar refractivity (Wildman–Crippen MR) is 78.6 cm³/mol. The lowest BCUT2D eigenvalue weighted by Crippen LogP contribution is -2.34. The Morgan fingerprint density at radius 3 is 2.58 bits per heavy atom. The first-order valence-corrected chi connectivity index (χ1v) is 7.22. The number of anilines is 1. The third-order valence-electron chi connectivity index (χ3n) is 4.50. The molecule has 19 heavy (non-hydrogen) atoms. The number of aromatic nitrogens is 2. The predicted octanol–water partition coefficient (Wildman–Crippen LogP) is 2.02. The molecule has 0 amide bonds. The van der Waals surface area contributed by atoms with E-state index in [1.165, 1.54) is 31.2 Å². The van der Waals surface area contributed by atoms with Crippen LogP contribution in [-0.4, -0.2) is 27.8 Å². The van der Waals surface area contributed by atoms with Gasteiger partial charge in [0.15, 0.2) is 0 Å². The van der Waals surface area contributed by atoms with Crippen LogP contribution in [0.15, 0.2) is 0 Å². The van der Waals surface area contributed by atoms with Crippen molar-refractivity contribution in [2.24, 2.45) is 18.8 Å². The number of hydrogen-bond acceptors (Lipinski definition) is 4. The molecule has 0 spiro atoms. The van der Waals surface area contributed by atoms with Gasteiger partial charge in [0.25, 0.3) is 0 Å². The van der Waals surface area contributed by atoms with E-state index in [1.54, 1.807) is 0 Å². The average Bonchev–Trinajstić information content (AvgIpc) is 2.64. The molecule has 0 aliphatic heterocycles. The van der Waals surface area contributed by atoms with E-state index in [4.69, 9.17) is 5.84 Å². The Kier molecular flexibility index (Phi) is 4.47. The summed E-state index contributed by atoms with van der Waals surface area (Å²) in [4.78, 5) is 2.46. The Morgan fingerprint density at radius 1 is 1.37 bits per heavy atom. The van der Waals surface area contributed by atoms with Crippen LogP contribution in [0.5, 0.6) is 0 Å². The van der Waals surface area contributed by atoms with E-state index in [9.17, 15) is 0 Å². The molecule has 1 aliphatic carbocycles. The van der Waals surface area contributed by atoms with Crippen molar-refractivity contribution in [3.8, 4) is 0 Å². The highest BCUT2D eigenvalue weighted by Gasteiger charge is 2.23. The van der Waals surface area contributed by atoms with Gasteiger partial charge < -0.3 is 5.43 Å². The second kappa shape index (κ2) is 5.92. The molecule has 1 aromatic rings. The van der Waals surface area contributed by atoms with Crippen LogP contribution in [0.4, 0.5) is 5.82 Å². The second-order valence-electron chi connectivity index (χ2n) is 6.01. The summed E-state index contributed by atoms with van der Waals surface area (Å²) in [5.74, 6) is 7.43. The van der Waals surface area contributed by atoms with Gasteiger partial charge >= 0.3 is 0 Å². The number of nitrogens with two attached hydrogens (primary N) is 1. The van der Waals surface area contributed by atoms with E-state index in [0.717, 1.165) is 24.0 Å². The van der Waals surface area contributed by atoms with Crippen molar-refractivity contribution in [1.82, 2.24) is 14.7 Å². The smallest absolute Gasteiger partial charge is 0.142 e. The van der Waals surface area contributed by atoms with E-state index in [1.807, 2.05) is 18.7 Å². The maximum Gasteiger partial charge on any atom is 0.142 e. The topological polar surface area (TPSA) is 59.1 Å². The molecule has 1 aromatic heterocycles. The van der Waals surface area contributed by atoms with Crippen LogP contribution in [-0.2, 0) is 13.6 Å². The fourth-order valence-corrected chi connectivity index (χ4v) is 3.13. The normalized spacial score (nSPS) is 23.9. The van der Waals surface area contributed by atoms with Gasteiger partial charge in [-0.3, -0.25) is 9.58 Å². The zero-order chi connectivity index (χ0) is 14.0. The van der Waals surface area contributed by atoms with Crippen molar-refractivity contribution in [3.05, 3.63) is 11.3 Å². The number of hydrogen-bond donors (Lipinski definition) is 2. The molecule has 5 heteroatoms. The summed E-state index contributed by atoms with van der Waals surface area (Å²) in [7, 11) is 4.14. The molecular formula is C14H27N5. The number of nitrogen functional groups attached to an aromatic ring is 1. The minimum absolute atomic E-state index is 0.696. The van der Waals surface area contributed by atoms with Crippen molar-refractivity contribution in [3.63, 3.8) is 0 Å². The maximum atomic E-state index is 5.61. The number of rotatable bonds is 4.